The minimum atomic E-state index is -3.74. The number of carbonyl (C=O) groups excluding carboxylic acids is 1. The molecule has 0 saturated heterocycles. The lowest BCUT2D eigenvalue weighted by molar-refractivity contribution is 0.102. The molecule has 1 aliphatic rings. The predicted octanol–water partition coefficient (Wildman–Crippen LogP) is 5.27. The number of hydrogen-bond donors (Lipinski definition) is 2. The molecule has 0 aliphatic carbocycles. The van der Waals surface area contributed by atoms with E-state index in [1.165, 1.54) is 19.2 Å². The minimum Gasteiger partial charge on any atom is -0.497 e. The van der Waals surface area contributed by atoms with Crippen molar-refractivity contribution >= 4 is 27.3 Å². The minimum absolute atomic E-state index is 0.124. The van der Waals surface area contributed by atoms with E-state index in [1.807, 2.05) is 0 Å². The molecular weight excluding hydrogens is 496 g/mol. The van der Waals surface area contributed by atoms with E-state index in [1.54, 1.807) is 78.9 Å². The van der Waals surface area contributed by atoms with Gasteiger partial charge in [-0.25, -0.2) is 8.42 Å². The number of nitrogens with one attached hydrogen (secondary N) is 2. The highest BCUT2D eigenvalue weighted by atomic mass is 32.2. The molecule has 1 aliphatic heterocycles. The van der Waals surface area contributed by atoms with Crippen LogP contribution < -0.4 is 29.0 Å². The average molecular weight is 519 g/mol. The van der Waals surface area contributed by atoms with Gasteiger partial charge in [-0.3, -0.25) is 9.52 Å². The lowest BCUT2D eigenvalue weighted by Crippen LogP contribution is -2.12. The molecule has 0 bridgehead atoms. The van der Waals surface area contributed by atoms with Crippen molar-refractivity contribution in [3.8, 4) is 28.7 Å². The third kappa shape index (κ3) is 5.60. The van der Waals surface area contributed by atoms with Crippen LogP contribution >= 0.6 is 0 Å². The Morgan fingerprint density at radius 2 is 1.35 bits per heavy atom. The molecule has 0 spiro atoms. The number of carbonyl (C=O) groups is 1. The third-order valence-corrected chi connectivity index (χ3v) is 6.86. The highest BCUT2D eigenvalue weighted by molar-refractivity contribution is 7.92. The van der Waals surface area contributed by atoms with Gasteiger partial charge in [0.15, 0.2) is 11.5 Å². The summed E-state index contributed by atoms with van der Waals surface area (Å²) in [5.41, 5.74) is 1.44. The zero-order chi connectivity index (χ0) is 25.8. The van der Waals surface area contributed by atoms with Crippen molar-refractivity contribution < 1.29 is 32.2 Å². The molecule has 4 aromatic carbocycles. The van der Waals surface area contributed by atoms with E-state index in [4.69, 9.17) is 18.9 Å². The number of methoxy groups -OCH3 is 1. The quantitative estimate of drug-likeness (QED) is 0.327. The van der Waals surface area contributed by atoms with Crippen LogP contribution in [0.4, 0.5) is 11.4 Å². The molecule has 1 amide bonds. The molecule has 4 aromatic rings. The van der Waals surface area contributed by atoms with Gasteiger partial charge in [-0.2, -0.15) is 0 Å². The fourth-order valence-corrected chi connectivity index (χ4v) is 4.60. The van der Waals surface area contributed by atoms with E-state index >= 15 is 0 Å². The number of fused-ring (bicyclic) bond motifs is 1. The Bertz CT molecular complexity index is 1520. The summed E-state index contributed by atoms with van der Waals surface area (Å²) in [6.45, 7) is 0.143. The number of amides is 1. The van der Waals surface area contributed by atoms with Crippen molar-refractivity contribution in [3.05, 3.63) is 96.6 Å². The summed E-state index contributed by atoms with van der Waals surface area (Å²) in [6.07, 6.45) is 0. The standard InChI is InChI=1S/C27H22N2O7S/c1-33-21-11-13-24(14-12-21)37(31,32)29-20-5-9-23(10-6-20)36-22-7-3-19(4-8-22)28-27(30)18-2-15-25-26(16-18)35-17-34-25/h2-16,29H,17H2,1H3,(H,28,30). The summed E-state index contributed by atoms with van der Waals surface area (Å²) in [6, 6.07) is 24.5. The maximum absolute atomic E-state index is 12.6. The van der Waals surface area contributed by atoms with E-state index in [2.05, 4.69) is 10.0 Å². The predicted molar refractivity (Wildman–Crippen MR) is 137 cm³/mol. The van der Waals surface area contributed by atoms with Crippen LogP contribution in [0.2, 0.25) is 0 Å². The molecule has 1 heterocycles. The van der Waals surface area contributed by atoms with Crippen LogP contribution in [-0.4, -0.2) is 28.2 Å². The van der Waals surface area contributed by atoms with Crippen molar-refractivity contribution in [2.75, 3.05) is 23.9 Å². The molecule has 0 saturated carbocycles. The molecule has 0 atom stereocenters. The summed E-state index contributed by atoms with van der Waals surface area (Å²) in [7, 11) is -2.23. The van der Waals surface area contributed by atoms with Gasteiger partial charge in [0.1, 0.15) is 17.2 Å². The first-order chi connectivity index (χ1) is 17.9. The van der Waals surface area contributed by atoms with E-state index in [0.29, 0.717) is 45.7 Å². The first kappa shape index (κ1) is 24.0. The van der Waals surface area contributed by atoms with E-state index in [9.17, 15) is 13.2 Å². The van der Waals surface area contributed by atoms with Crippen LogP contribution in [-0.2, 0) is 10.0 Å². The van der Waals surface area contributed by atoms with Crippen LogP contribution in [0.5, 0.6) is 28.7 Å². The summed E-state index contributed by atoms with van der Waals surface area (Å²) < 4.78 is 49.2. The molecule has 5 rings (SSSR count). The van der Waals surface area contributed by atoms with Gasteiger partial charge >= 0.3 is 0 Å². The Labute approximate surface area is 213 Å². The highest BCUT2D eigenvalue weighted by Gasteiger charge is 2.17. The second-order valence-corrected chi connectivity index (χ2v) is 9.64. The lowest BCUT2D eigenvalue weighted by Gasteiger charge is -2.11. The van der Waals surface area contributed by atoms with Crippen molar-refractivity contribution in [1.29, 1.82) is 0 Å². The smallest absolute Gasteiger partial charge is 0.261 e. The first-order valence-corrected chi connectivity index (χ1v) is 12.6. The van der Waals surface area contributed by atoms with Gasteiger partial charge < -0.3 is 24.3 Å². The Balaban J connectivity index is 1.18. The fourth-order valence-electron chi connectivity index (χ4n) is 3.54. The summed E-state index contributed by atoms with van der Waals surface area (Å²) in [5.74, 6) is 2.51. The van der Waals surface area contributed by atoms with Crippen LogP contribution in [0.15, 0.2) is 95.9 Å². The van der Waals surface area contributed by atoms with Crippen molar-refractivity contribution in [2.24, 2.45) is 0 Å². The number of ether oxygens (including phenoxy) is 4. The summed E-state index contributed by atoms with van der Waals surface area (Å²) >= 11 is 0. The monoisotopic (exact) mass is 518 g/mol. The summed E-state index contributed by atoms with van der Waals surface area (Å²) in [4.78, 5) is 12.7. The number of benzene rings is 4. The summed E-state index contributed by atoms with van der Waals surface area (Å²) in [5, 5.41) is 2.83. The molecule has 0 radical (unpaired) electrons. The fraction of sp³-hybridized carbons (Fsp3) is 0.0741. The van der Waals surface area contributed by atoms with Gasteiger partial charge in [0.05, 0.1) is 12.0 Å². The number of anilines is 2. The van der Waals surface area contributed by atoms with Crippen molar-refractivity contribution in [3.63, 3.8) is 0 Å². The van der Waals surface area contributed by atoms with Crippen LogP contribution in [0.1, 0.15) is 10.4 Å². The Morgan fingerprint density at radius 1 is 0.757 bits per heavy atom. The molecule has 0 aromatic heterocycles. The molecular formula is C27H22N2O7S. The normalized spacial score (nSPS) is 12.0. The first-order valence-electron chi connectivity index (χ1n) is 11.2. The van der Waals surface area contributed by atoms with E-state index in [0.717, 1.165) is 0 Å². The largest absolute Gasteiger partial charge is 0.497 e. The van der Waals surface area contributed by atoms with Crippen LogP contribution in [0.3, 0.4) is 0 Å². The SMILES string of the molecule is COc1ccc(S(=O)(=O)Nc2ccc(Oc3ccc(NC(=O)c4ccc5c(c4)OCO5)cc3)cc2)cc1. The third-order valence-electron chi connectivity index (χ3n) is 5.46. The molecule has 2 N–H and O–H groups in total. The van der Waals surface area contributed by atoms with Crippen molar-refractivity contribution in [1.82, 2.24) is 0 Å². The molecule has 10 heteroatoms. The van der Waals surface area contributed by atoms with Crippen LogP contribution in [0, 0.1) is 0 Å². The van der Waals surface area contributed by atoms with Gasteiger partial charge in [0, 0.05) is 16.9 Å². The van der Waals surface area contributed by atoms with Crippen molar-refractivity contribution in [2.45, 2.75) is 4.90 Å². The molecule has 188 valence electrons. The molecule has 0 fully saturated rings. The molecule has 0 unspecified atom stereocenters. The van der Waals surface area contributed by atoms with E-state index in [-0.39, 0.29) is 17.6 Å². The lowest BCUT2D eigenvalue weighted by atomic mass is 10.2. The number of rotatable bonds is 8. The van der Waals surface area contributed by atoms with Gasteiger partial charge in [-0.15, -0.1) is 0 Å². The number of sulfonamides is 1. The maximum atomic E-state index is 12.6. The maximum Gasteiger partial charge on any atom is 0.261 e. The second kappa shape index (κ2) is 10.1. The van der Waals surface area contributed by atoms with Gasteiger partial charge in [0.2, 0.25) is 6.79 Å². The number of hydrogen-bond acceptors (Lipinski definition) is 7. The zero-order valence-corrected chi connectivity index (χ0v) is 20.4. The van der Waals surface area contributed by atoms with E-state index < -0.39 is 10.0 Å². The zero-order valence-electron chi connectivity index (χ0n) is 19.6. The van der Waals surface area contributed by atoms with Gasteiger partial charge in [-0.1, -0.05) is 0 Å². The highest BCUT2D eigenvalue weighted by Crippen LogP contribution is 2.33. The Kier molecular flexibility index (Phi) is 6.57. The molecule has 37 heavy (non-hydrogen) atoms. The van der Waals surface area contributed by atoms with Gasteiger partial charge in [-0.05, 0) is 91.0 Å². The molecule has 9 nitrogen and oxygen atoms in total. The topological polar surface area (TPSA) is 112 Å². The van der Waals surface area contributed by atoms with Gasteiger partial charge in [0.25, 0.3) is 15.9 Å². The second-order valence-electron chi connectivity index (χ2n) is 7.95. The average Bonchev–Trinajstić information content (AvgIpc) is 3.39. The Morgan fingerprint density at radius 3 is 2.00 bits per heavy atom. The van der Waals surface area contributed by atoms with Crippen LogP contribution in [0.25, 0.3) is 0 Å². The Hall–Kier alpha value is -4.70.